The standard InChI is InChI=1S/C44H36N4O/c1-44(2)36-21-13-23-40(49)42(36)43-37(44)24-25-38(46-43)31-16-12-19-34(28-31)48(39-22-11-10-20-35(39)30-14-6-4-7-15-30)41-29-33(26-27-45-41)47(3)32-17-8-5-9-18-32/h4-29,49H,1-3H3. The number of para-hydroxylation sites is 2. The van der Waals surface area contributed by atoms with Crippen LogP contribution in [0, 0.1) is 0 Å². The normalized spacial score (nSPS) is 12.6. The summed E-state index contributed by atoms with van der Waals surface area (Å²) in [7, 11) is 2.08. The maximum atomic E-state index is 10.9. The maximum absolute atomic E-state index is 10.9. The number of phenolic OH excluding ortho intramolecular Hbond substituents is 1. The molecular weight excluding hydrogens is 601 g/mol. The third kappa shape index (κ3) is 5.30. The van der Waals surface area contributed by atoms with Crippen LogP contribution in [-0.4, -0.2) is 22.1 Å². The van der Waals surface area contributed by atoms with Crippen LogP contribution in [-0.2, 0) is 5.41 Å². The summed E-state index contributed by atoms with van der Waals surface area (Å²) in [5, 5.41) is 10.9. The first-order valence-electron chi connectivity index (χ1n) is 16.5. The Bertz CT molecular complexity index is 2300. The van der Waals surface area contributed by atoms with Gasteiger partial charge in [0.25, 0.3) is 0 Å². The lowest BCUT2D eigenvalue weighted by atomic mass is 9.83. The third-order valence-electron chi connectivity index (χ3n) is 9.64. The Kier molecular flexibility index (Phi) is 7.45. The van der Waals surface area contributed by atoms with Gasteiger partial charge in [0.05, 0.1) is 17.1 Å². The predicted molar refractivity (Wildman–Crippen MR) is 201 cm³/mol. The molecule has 5 aromatic carbocycles. The van der Waals surface area contributed by atoms with Gasteiger partial charge in [-0.15, -0.1) is 0 Å². The fourth-order valence-electron chi connectivity index (χ4n) is 7.04. The molecule has 5 nitrogen and oxygen atoms in total. The number of hydrogen-bond donors (Lipinski definition) is 1. The Hall–Kier alpha value is -6.20. The van der Waals surface area contributed by atoms with Crippen LogP contribution in [0.25, 0.3) is 33.6 Å². The van der Waals surface area contributed by atoms with E-state index < -0.39 is 0 Å². The van der Waals surface area contributed by atoms with Crippen LogP contribution in [0.3, 0.4) is 0 Å². The highest BCUT2D eigenvalue weighted by Crippen LogP contribution is 2.51. The molecule has 8 rings (SSSR count). The number of nitrogens with zero attached hydrogens (tertiary/aromatic N) is 4. The smallest absolute Gasteiger partial charge is 0.139 e. The zero-order valence-corrected chi connectivity index (χ0v) is 27.7. The van der Waals surface area contributed by atoms with Crippen LogP contribution < -0.4 is 9.80 Å². The molecule has 0 aliphatic heterocycles. The predicted octanol–water partition coefficient (Wildman–Crippen LogP) is 11.1. The Morgan fingerprint density at radius 2 is 1.29 bits per heavy atom. The van der Waals surface area contributed by atoms with Crippen molar-refractivity contribution in [3.8, 4) is 39.4 Å². The van der Waals surface area contributed by atoms with Crippen LogP contribution >= 0.6 is 0 Å². The molecule has 0 bridgehead atoms. The summed E-state index contributed by atoms with van der Waals surface area (Å²) < 4.78 is 0. The number of phenols is 1. The molecule has 0 radical (unpaired) electrons. The van der Waals surface area contributed by atoms with Crippen LogP contribution in [0.2, 0.25) is 0 Å². The quantitative estimate of drug-likeness (QED) is 0.189. The SMILES string of the molecule is CN(c1ccccc1)c1ccnc(N(c2cccc(-c3ccc4c(n3)-c3c(O)cccc3C4(C)C)c2)c2ccccc2-c2ccccc2)c1. The van der Waals surface area contributed by atoms with Gasteiger partial charge < -0.3 is 10.0 Å². The molecule has 49 heavy (non-hydrogen) atoms. The zero-order chi connectivity index (χ0) is 33.5. The summed E-state index contributed by atoms with van der Waals surface area (Å²) in [4.78, 5) is 14.6. The van der Waals surface area contributed by atoms with E-state index in [9.17, 15) is 5.11 Å². The first-order chi connectivity index (χ1) is 23.9. The molecule has 0 spiro atoms. The van der Waals surface area contributed by atoms with E-state index >= 15 is 0 Å². The molecule has 0 amide bonds. The van der Waals surface area contributed by atoms with Gasteiger partial charge in [-0.25, -0.2) is 9.97 Å². The molecule has 0 fully saturated rings. The lowest BCUT2D eigenvalue weighted by Gasteiger charge is -2.28. The minimum absolute atomic E-state index is 0.252. The summed E-state index contributed by atoms with van der Waals surface area (Å²) in [6.45, 7) is 4.38. The Morgan fingerprint density at radius 1 is 0.592 bits per heavy atom. The molecule has 2 heterocycles. The molecule has 0 atom stereocenters. The Balaban J connectivity index is 1.28. The molecule has 5 heteroatoms. The fourth-order valence-corrected chi connectivity index (χ4v) is 7.04. The lowest BCUT2D eigenvalue weighted by molar-refractivity contribution is 0.476. The number of aromatic nitrogens is 2. The topological polar surface area (TPSA) is 52.5 Å². The van der Waals surface area contributed by atoms with Crippen molar-refractivity contribution in [3.05, 3.63) is 169 Å². The van der Waals surface area contributed by atoms with Crippen molar-refractivity contribution in [2.45, 2.75) is 19.3 Å². The molecule has 0 saturated carbocycles. The second kappa shape index (κ2) is 12.1. The molecule has 7 aromatic rings. The van der Waals surface area contributed by atoms with E-state index in [1.807, 2.05) is 30.5 Å². The number of pyridine rings is 2. The van der Waals surface area contributed by atoms with Crippen LogP contribution in [0.4, 0.5) is 28.6 Å². The minimum atomic E-state index is -0.252. The highest BCUT2D eigenvalue weighted by Gasteiger charge is 2.38. The van der Waals surface area contributed by atoms with E-state index in [1.165, 1.54) is 0 Å². The second-order valence-corrected chi connectivity index (χ2v) is 13.0. The Morgan fingerprint density at radius 3 is 2.10 bits per heavy atom. The van der Waals surface area contributed by atoms with Crippen molar-refractivity contribution < 1.29 is 5.11 Å². The van der Waals surface area contributed by atoms with Crippen LogP contribution in [0.15, 0.2) is 158 Å². The molecule has 1 N–H and O–H groups in total. The highest BCUT2D eigenvalue weighted by atomic mass is 16.3. The number of fused-ring (bicyclic) bond motifs is 3. The third-order valence-corrected chi connectivity index (χ3v) is 9.64. The molecule has 2 aromatic heterocycles. The van der Waals surface area contributed by atoms with E-state index in [0.717, 1.165) is 73.3 Å². The number of benzene rings is 5. The van der Waals surface area contributed by atoms with Gasteiger partial charge in [-0.2, -0.15) is 0 Å². The largest absolute Gasteiger partial charge is 0.507 e. The molecular formula is C44H36N4O. The molecule has 0 saturated heterocycles. The van der Waals surface area contributed by atoms with Gasteiger partial charge in [-0.1, -0.05) is 111 Å². The molecule has 1 aliphatic rings. The Labute approximate surface area is 287 Å². The highest BCUT2D eigenvalue weighted by molar-refractivity contribution is 5.89. The number of anilines is 5. The van der Waals surface area contributed by atoms with Gasteiger partial charge in [0.15, 0.2) is 0 Å². The first kappa shape index (κ1) is 30.2. The van der Waals surface area contributed by atoms with E-state index in [0.29, 0.717) is 0 Å². The number of aromatic hydroxyl groups is 1. The van der Waals surface area contributed by atoms with Crippen LogP contribution in [0.1, 0.15) is 25.0 Å². The summed E-state index contributed by atoms with van der Waals surface area (Å²) in [5.74, 6) is 1.06. The summed E-state index contributed by atoms with van der Waals surface area (Å²) in [5.41, 5.74) is 11.7. The van der Waals surface area contributed by atoms with Crippen molar-refractivity contribution >= 4 is 28.6 Å². The fraction of sp³-hybridized carbons (Fsp3) is 0.0909. The van der Waals surface area contributed by atoms with Gasteiger partial charge in [0.1, 0.15) is 11.6 Å². The molecule has 0 unspecified atom stereocenters. The lowest BCUT2D eigenvalue weighted by Crippen LogP contribution is -2.15. The second-order valence-electron chi connectivity index (χ2n) is 13.0. The van der Waals surface area contributed by atoms with Gasteiger partial charge in [-0.05, 0) is 65.2 Å². The number of hydrogen-bond acceptors (Lipinski definition) is 5. The van der Waals surface area contributed by atoms with Crippen molar-refractivity contribution in [2.75, 3.05) is 16.8 Å². The molecule has 1 aliphatic carbocycles. The summed E-state index contributed by atoms with van der Waals surface area (Å²) >= 11 is 0. The van der Waals surface area contributed by atoms with E-state index in [2.05, 4.69) is 152 Å². The zero-order valence-electron chi connectivity index (χ0n) is 27.7. The molecule has 238 valence electrons. The van der Waals surface area contributed by atoms with Gasteiger partial charge >= 0.3 is 0 Å². The van der Waals surface area contributed by atoms with Gasteiger partial charge in [0.2, 0.25) is 0 Å². The first-order valence-corrected chi connectivity index (χ1v) is 16.5. The van der Waals surface area contributed by atoms with Crippen LogP contribution in [0.5, 0.6) is 5.75 Å². The average molecular weight is 637 g/mol. The van der Waals surface area contributed by atoms with Gasteiger partial charge in [-0.3, -0.25) is 4.90 Å². The summed E-state index contributed by atoms with van der Waals surface area (Å²) in [6.07, 6.45) is 1.87. The van der Waals surface area contributed by atoms with E-state index in [-0.39, 0.29) is 11.2 Å². The van der Waals surface area contributed by atoms with Crippen molar-refractivity contribution in [1.82, 2.24) is 9.97 Å². The monoisotopic (exact) mass is 636 g/mol. The van der Waals surface area contributed by atoms with Crippen molar-refractivity contribution in [2.24, 2.45) is 0 Å². The van der Waals surface area contributed by atoms with Gasteiger partial charge in [0, 0.05) is 58.5 Å². The van der Waals surface area contributed by atoms with Crippen molar-refractivity contribution in [1.29, 1.82) is 0 Å². The minimum Gasteiger partial charge on any atom is -0.507 e. The average Bonchev–Trinajstić information content (AvgIpc) is 3.39. The number of rotatable bonds is 7. The summed E-state index contributed by atoms with van der Waals surface area (Å²) in [6, 6.07) is 51.9. The van der Waals surface area contributed by atoms with E-state index in [4.69, 9.17) is 9.97 Å². The maximum Gasteiger partial charge on any atom is 0.139 e. The van der Waals surface area contributed by atoms with E-state index in [1.54, 1.807) is 6.07 Å². The van der Waals surface area contributed by atoms with Crippen molar-refractivity contribution in [3.63, 3.8) is 0 Å².